The van der Waals surface area contributed by atoms with E-state index in [0.717, 1.165) is 0 Å². The van der Waals surface area contributed by atoms with Gasteiger partial charge in [0.2, 0.25) is 0 Å². The monoisotopic (exact) mass is 214 g/mol. The first kappa shape index (κ1) is 11.6. The van der Waals surface area contributed by atoms with Crippen molar-refractivity contribution >= 4 is 5.97 Å². The van der Waals surface area contributed by atoms with Crippen molar-refractivity contribution in [2.75, 3.05) is 13.2 Å². The van der Waals surface area contributed by atoms with Crippen molar-refractivity contribution in [1.29, 1.82) is 0 Å². The minimum Gasteiger partial charge on any atom is -0.460 e. The Labute approximate surface area is 86.6 Å². The molecule has 0 aromatic carbocycles. The molecule has 1 aromatic rings. The highest BCUT2D eigenvalue weighted by molar-refractivity contribution is 5.84. The Hall–Kier alpha value is -1.47. The van der Waals surface area contributed by atoms with E-state index in [1.54, 1.807) is 6.92 Å². The zero-order valence-electron chi connectivity index (χ0n) is 8.43. The summed E-state index contributed by atoms with van der Waals surface area (Å²) in [6.45, 7) is 1.92. The van der Waals surface area contributed by atoms with Crippen LogP contribution in [-0.4, -0.2) is 39.5 Å². The van der Waals surface area contributed by atoms with Gasteiger partial charge in [0.05, 0.1) is 12.6 Å². The fourth-order valence-corrected chi connectivity index (χ4v) is 1.00. The molecule has 15 heavy (non-hydrogen) atoms. The number of carbonyl (C=O) groups excluding carboxylic acids is 1. The maximum atomic E-state index is 11.2. The topological polar surface area (TPSA) is 114 Å². The van der Waals surface area contributed by atoms with Gasteiger partial charge in [-0.3, -0.25) is 5.10 Å². The summed E-state index contributed by atoms with van der Waals surface area (Å²) in [6.07, 6.45) is 0.359. The number of H-pyrrole nitrogens is 1. The van der Waals surface area contributed by atoms with Crippen molar-refractivity contribution in [3.63, 3.8) is 0 Å². The second-order valence-corrected chi connectivity index (χ2v) is 2.88. The highest BCUT2D eigenvalue weighted by Crippen LogP contribution is 2.08. The Kier molecular flexibility index (Phi) is 4.19. The molecule has 4 N–H and O–H groups in total. The quantitative estimate of drug-likeness (QED) is 0.562. The van der Waals surface area contributed by atoms with E-state index in [2.05, 4.69) is 15.2 Å². The number of nitrogens with one attached hydrogen (secondary N) is 1. The average Bonchev–Trinajstić information content (AvgIpc) is 2.67. The lowest BCUT2D eigenvalue weighted by Crippen LogP contribution is -2.14. The number of ether oxygens (including phenoxy) is 1. The lowest BCUT2D eigenvalue weighted by atomic mass is 10.2. The fraction of sp³-hybridized carbons (Fsp3) is 0.625. The molecular formula is C8H14N4O3. The normalized spacial score (nSPS) is 12.5. The smallest absolute Gasteiger partial charge is 0.378 e. The van der Waals surface area contributed by atoms with Crippen molar-refractivity contribution in [3.05, 3.63) is 11.6 Å². The van der Waals surface area contributed by atoms with Gasteiger partial charge in [-0.25, -0.2) is 9.78 Å². The first-order chi connectivity index (χ1) is 7.19. The SMILES string of the molecule is CCOC(=O)c1n[nH]c(C(N)CCO)n1. The fourth-order valence-electron chi connectivity index (χ4n) is 1.00. The van der Waals surface area contributed by atoms with Gasteiger partial charge in [-0.05, 0) is 13.3 Å². The van der Waals surface area contributed by atoms with Crippen LogP contribution in [0, 0.1) is 0 Å². The summed E-state index contributed by atoms with van der Waals surface area (Å²) in [7, 11) is 0. The summed E-state index contributed by atoms with van der Waals surface area (Å²) < 4.78 is 4.71. The van der Waals surface area contributed by atoms with Crippen molar-refractivity contribution in [3.8, 4) is 0 Å². The average molecular weight is 214 g/mol. The van der Waals surface area contributed by atoms with Gasteiger partial charge in [0, 0.05) is 6.61 Å². The molecule has 0 aliphatic heterocycles. The van der Waals surface area contributed by atoms with Crippen LogP contribution in [0.5, 0.6) is 0 Å². The van der Waals surface area contributed by atoms with Gasteiger partial charge in [0.15, 0.2) is 0 Å². The summed E-state index contributed by atoms with van der Waals surface area (Å²) in [6, 6.07) is -0.453. The van der Waals surface area contributed by atoms with Crippen LogP contribution >= 0.6 is 0 Å². The third kappa shape index (κ3) is 3.00. The number of hydrogen-bond acceptors (Lipinski definition) is 6. The molecule has 0 aliphatic rings. The molecule has 0 spiro atoms. The lowest BCUT2D eigenvalue weighted by molar-refractivity contribution is 0.0512. The zero-order valence-corrected chi connectivity index (χ0v) is 8.43. The highest BCUT2D eigenvalue weighted by atomic mass is 16.5. The number of rotatable bonds is 5. The van der Waals surface area contributed by atoms with Crippen molar-refractivity contribution in [2.24, 2.45) is 5.73 Å². The number of aromatic nitrogens is 3. The van der Waals surface area contributed by atoms with Gasteiger partial charge in [0.25, 0.3) is 5.82 Å². The maximum absolute atomic E-state index is 11.2. The predicted octanol–water partition coefficient (Wildman–Crippen LogP) is -0.636. The molecule has 0 saturated heterocycles. The van der Waals surface area contributed by atoms with E-state index < -0.39 is 12.0 Å². The molecule has 1 rings (SSSR count). The number of esters is 1. The Morgan fingerprint density at radius 2 is 2.47 bits per heavy atom. The molecule has 7 nitrogen and oxygen atoms in total. The summed E-state index contributed by atoms with van der Waals surface area (Å²) in [5.41, 5.74) is 5.65. The largest absolute Gasteiger partial charge is 0.460 e. The van der Waals surface area contributed by atoms with Crippen LogP contribution in [-0.2, 0) is 4.74 Å². The molecule has 0 bridgehead atoms. The van der Waals surface area contributed by atoms with Gasteiger partial charge in [-0.2, -0.15) is 0 Å². The first-order valence-electron chi connectivity index (χ1n) is 4.64. The molecule has 0 radical (unpaired) electrons. The van der Waals surface area contributed by atoms with Crippen LogP contribution in [0.4, 0.5) is 0 Å². The van der Waals surface area contributed by atoms with Crippen LogP contribution in [0.1, 0.15) is 35.8 Å². The minimum absolute atomic E-state index is 0.0414. The van der Waals surface area contributed by atoms with Gasteiger partial charge in [-0.1, -0.05) is 0 Å². The Morgan fingerprint density at radius 1 is 1.73 bits per heavy atom. The molecule has 0 amide bonds. The second kappa shape index (κ2) is 5.42. The van der Waals surface area contributed by atoms with E-state index in [-0.39, 0.29) is 19.0 Å². The molecule has 0 fully saturated rings. The summed E-state index contributed by atoms with van der Waals surface area (Å²) in [4.78, 5) is 15.1. The summed E-state index contributed by atoms with van der Waals surface area (Å²) in [5, 5.41) is 14.9. The Morgan fingerprint density at radius 3 is 3.07 bits per heavy atom. The first-order valence-corrected chi connectivity index (χ1v) is 4.64. The lowest BCUT2D eigenvalue weighted by Gasteiger charge is -2.03. The van der Waals surface area contributed by atoms with Gasteiger partial charge in [-0.15, -0.1) is 5.10 Å². The molecule has 84 valence electrons. The van der Waals surface area contributed by atoms with Crippen LogP contribution in [0.25, 0.3) is 0 Å². The van der Waals surface area contributed by atoms with E-state index in [1.807, 2.05) is 0 Å². The van der Waals surface area contributed by atoms with Crippen LogP contribution in [0.3, 0.4) is 0 Å². The number of aromatic amines is 1. The maximum Gasteiger partial charge on any atom is 0.378 e. The molecule has 0 aliphatic carbocycles. The van der Waals surface area contributed by atoms with Crippen LogP contribution in [0.2, 0.25) is 0 Å². The number of hydrogen-bond donors (Lipinski definition) is 3. The Balaban J connectivity index is 2.67. The number of carbonyl (C=O) groups is 1. The van der Waals surface area contributed by atoms with Crippen molar-refractivity contribution in [1.82, 2.24) is 15.2 Å². The van der Waals surface area contributed by atoms with Gasteiger partial charge < -0.3 is 15.6 Å². The summed E-state index contributed by atoms with van der Waals surface area (Å²) in [5.74, 6) is -0.261. The van der Waals surface area contributed by atoms with Crippen LogP contribution in [0.15, 0.2) is 0 Å². The predicted molar refractivity (Wildman–Crippen MR) is 51.0 cm³/mol. The zero-order chi connectivity index (χ0) is 11.3. The number of nitrogens with zero attached hydrogens (tertiary/aromatic N) is 2. The van der Waals surface area contributed by atoms with Gasteiger partial charge >= 0.3 is 5.97 Å². The molecule has 7 heteroatoms. The third-order valence-corrected chi connectivity index (χ3v) is 1.75. The van der Waals surface area contributed by atoms with Gasteiger partial charge in [0.1, 0.15) is 5.82 Å². The standard InChI is InChI=1S/C8H14N4O3/c1-2-15-8(14)7-10-6(11-12-7)5(9)3-4-13/h5,13H,2-4,9H2,1H3,(H,10,11,12). The van der Waals surface area contributed by atoms with Crippen molar-refractivity contribution in [2.45, 2.75) is 19.4 Å². The molecule has 1 unspecified atom stereocenters. The number of nitrogens with two attached hydrogens (primary N) is 1. The Bertz CT molecular complexity index is 325. The highest BCUT2D eigenvalue weighted by Gasteiger charge is 2.16. The van der Waals surface area contributed by atoms with E-state index in [1.165, 1.54) is 0 Å². The van der Waals surface area contributed by atoms with Crippen molar-refractivity contribution < 1.29 is 14.6 Å². The summed E-state index contributed by atoms with van der Waals surface area (Å²) >= 11 is 0. The van der Waals surface area contributed by atoms with E-state index in [9.17, 15) is 4.79 Å². The van der Waals surface area contributed by atoms with Crippen LogP contribution < -0.4 is 5.73 Å². The van der Waals surface area contributed by atoms with E-state index >= 15 is 0 Å². The second-order valence-electron chi connectivity index (χ2n) is 2.88. The number of aliphatic hydroxyl groups excluding tert-OH is 1. The molecule has 1 heterocycles. The number of aliphatic hydroxyl groups is 1. The van der Waals surface area contributed by atoms with E-state index in [0.29, 0.717) is 12.2 Å². The molecule has 1 aromatic heterocycles. The molecule has 0 saturated carbocycles. The minimum atomic E-state index is -0.587. The molecule has 1 atom stereocenters. The van der Waals surface area contributed by atoms with E-state index in [4.69, 9.17) is 15.6 Å². The third-order valence-electron chi connectivity index (χ3n) is 1.75. The molecular weight excluding hydrogens is 200 g/mol.